The van der Waals surface area contributed by atoms with Gasteiger partial charge in [0.2, 0.25) is 0 Å². The molecule has 1 N–H and O–H groups in total. The Labute approximate surface area is 156 Å². The number of para-hydroxylation sites is 2. The van der Waals surface area contributed by atoms with Gasteiger partial charge in [-0.2, -0.15) is 0 Å². The molecule has 1 atom stereocenters. The first kappa shape index (κ1) is 21.4. The third-order valence-electron chi connectivity index (χ3n) is 1.89. The molecule has 0 spiro atoms. The van der Waals surface area contributed by atoms with Crippen LogP contribution in [0.25, 0.3) is 0 Å². The molecule has 0 aliphatic rings. The molecule has 0 aliphatic carbocycles. The maximum absolute atomic E-state index is 11.3. The van der Waals surface area contributed by atoms with Crippen LogP contribution in [0.2, 0.25) is 0 Å². The molecular formula is C11H13NNa2O5. The van der Waals surface area contributed by atoms with Gasteiger partial charge < -0.3 is 24.4 Å². The Balaban J connectivity index is 0. The molecule has 1 aromatic carbocycles. The molecule has 0 radical (unpaired) electrons. The van der Waals surface area contributed by atoms with E-state index in [1.165, 1.54) is 7.11 Å². The Morgan fingerprint density at radius 2 is 1.79 bits per heavy atom. The number of methoxy groups -OCH3 is 1. The predicted octanol–water partition coefficient (Wildman–Crippen LogP) is -6.88. The molecule has 0 saturated carbocycles. The molecule has 1 rings (SSSR count). The molecule has 8 heteroatoms. The van der Waals surface area contributed by atoms with Crippen molar-refractivity contribution >= 4 is 6.08 Å². The van der Waals surface area contributed by atoms with Crippen molar-refractivity contribution in [3.05, 3.63) is 24.3 Å². The smallest absolute Gasteiger partial charge is 0.849 e. The molecule has 6 nitrogen and oxygen atoms in total. The normalized spacial score (nSPS) is 10.4. The summed E-state index contributed by atoms with van der Waals surface area (Å²) in [5.74, 6) is 0.977. The van der Waals surface area contributed by atoms with Gasteiger partial charge in [-0.05, 0) is 18.7 Å². The quantitative estimate of drug-likeness (QED) is 0.318. The van der Waals surface area contributed by atoms with Crippen molar-refractivity contribution in [2.45, 2.75) is 6.10 Å². The first-order valence-electron chi connectivity index (χ1n) is 4.93. The minimum Gasteiger partial charge on any atom is -0.849 e. The third kappa shape index (κ3) is 8.75. The maximum atomic E-state index is 11.3. The van der Waals surface area contributed by atoms with Crippen molar-refractivity contribution in [2.75, 3.05) is 20.3 Å². The average Bonchev–Trinajstić information content (AvgIpc) is 2.34. The second-order valence-corrected chi connectivity index (χ2v) is 3.18. The Morgan fingerprint density at radius 3 is 2.32 bits per heavy atom. The van der Waals surface area contributed by atoms with Crippen LogP contribution >= 0.6 is 0 Å². The molecule has 0 heterocycles. The van der Waals surface area contributed by atoms with Crippen LogP contribution in [0.3, 0.4) is 0 Å². The molecule has 0 aliphatic heterocycles. The fourth-order valence-corrected chi connectivity index (χ4v) is 1.14. The molecule has 0 bridgehead atoms. The van der Waals surface area contributed by atoms with E-state index in [-0.39, 0.29) is 72.3 Å². The number of ether oxygens (including phenoxy) is 3. The van der Waals surface area contributed by atoms with Crippen LogP contribution in [0.1, 0.15) is 0 Å². The van der Waals surface area contributed by atoms with Crippen molar-refractivity contribution in [1.29, 1.82) is 5.41 Å². The van der Waals surface area contributed by atoms with E-state index >= 15 is 0 Å². The first-order chi connectivity index (χ1) is 8.13. The van der Waals surface area contributed by atoms with Crippen molar-refractivity contribution in [3.8, 4) is 11.5 Å². The van der Waals surface area contributed by atoms with E-state index in [0.717, 1.165) is 0 Å². The molecule has 1 unspecified atom stereocenters. The molecule has 0 saturated heterocycles. The van der Waals surface area contributed by atoms with Gasteiger partial charge in [0, 0.05) is 0 Å². The first-order valence-corrected chi connectivity index (χ1v) is 4.93. The second-order valence-electron chi connectivity index (χ2n) is 3.18. The summed E-state index contributed by atoms with van der Waals surface area (Å²) in [4.78, 5) is 0. The number of hydrogen-bond acceptors (Lipinski definition) is 6. The van der Waals surface area contributed by atoms with E-state index in [4.69, 9.17) is 14.9 Å². The van der Waals surface area contributed by atoms with Crippen LogP contribution in [-0.2, 0) is 4.74 Å². The van der Waals surface area contributed by atoms with E-state index in [1.807, 2.05) is 0 Å². The van der Waals surface area contributed by atoms with Crippen LogP contribution in [0.5, 0.6) is 11.5 Å². The Morgan fingerprint density at radius 1 is 1.21 bits per heavy atom. The van der Waals surface area contributed by atoms with Crippen LogP contribution in [0.4, 0.5) is 0 Å². The van der Waals surface area contributed by atoms with E-state index in [0.29, 0.717) is 11.5 Å². The minimum atomic E-state index is -1.23. The van der Waals surface area contributed by atoms with Crippen molar-refractivity contribution in [3.63, 3.8) is 0 Å². The van der Waals surface area contributed by atoms with Gasteiger partial charge in [-0.25, -0.2) is 0 Å². The topological polar surface area (TPSA) is 97.7 Å². The standard InChI is InChI=1S/C11H14NO5.2Na/c1-15-9-4-2-3-5-10(9)16-6-8(13)7-17-11(12)14;;/h2-5,8H,6-7H2,1H3,(H2,12,14);;/q-1;2*+1/p-1. The summed E-state index contributed by atoms with van der Waals surface area (Å²) in [6.45, 7) is -0.537. The van der Waals surface area contributed by atoms with Crippen molar-refractivity contribution < 1.29 is 83.5 Å². The Kier molecular flexibility index (Phi) is 13.3. The van der Waals surface area contributed by atoms with Crippen LogP contribution in [-0.4, -0.2) is 32.5 Å². The largest absolute Gasteiger partial charge is 1.00 e. The Bertz CT molecular complexity index is 378. The van der Waals surface area contributed by atoms with Gasteiger partial charge in [-0.1, -0.05) is 18.2 Å². The summed E-state index contributed by atoms with van der Waals surface area (Å²) in [7, 11) is 1.50. The van der Waals surface area contributed by atoms with Gasteiger partial charge in [0.1, 0.15) is 6.08 Å². The summed E-state index contributed by atoms with van der Waals surface area (Å²) in [6.07, 6.45) is -2.45. The zero-order valence-electron chi connectivity index (χ0n) is 11.3. The maximum Gasteiger partial charge on any atom is 1.00 e. The van der Waals surface area contributed by atoms with E-state index in [2.05, 4.69) is 4.74 Å². The number of hydrogen-bond donors (Lipinski definition) is 1. The second kappa shape index (κ2) is 11.8. The average molecular weight is 285 g/mol. The van der Waals surface area contributed by atoms with Gasteiger partial charge in [0.05, 0.1) is 13.7 Å². The number of benzene rings is 1. The molecule has 0 amide bonds. The van der Waals surface area contributed by atoms with E-state index in [9.17, 15) is 10.2 Å². The summed E-state index contributed by atoms with van der Waals surface area (Å²) in [5.41, 5.74) is 0. The van der Waals surface area contributed by atoms with E-state index < -0.39 is 12.2 Å². The molecule has 0 aromatic heterocycles. The molecule has 94 valence electrons. The zero-order valence-corrected chi connectivity index (χ0v) is 15.3. The van der Waals surface area contributed by atoms with Crippen molar-refractivity contribution in [1.82, 2.24) is 0 Å². The number of rotatable bonds is 6. The predicted molar refractivity (Wildman–Crippen MR) is 56.0 cm³/mol. The number of nitrogens with one attached hydrogen (secondary N) is 1. The molecular weight excluding hydrogens is 272 g/mol. The SMILES string of the molecule is COc1ccccc1OCC([O-])COC(=N)[O-].[Na+].[Na+]. The fourth-order valence-electron chi connectivity index (χ4n) is 1.14. The van der Waals surface area contributed by atoms with Gasteiger partial charge >= 0.3 is 59.1 Å². The van der Waals surface area contributed by atoms with Crippen molar-refractivity contribution in [2.24, 2.45) is 0 Å². The van der Waals surface area contributed by atoms with Crippen LogP contribution < -0.4 is 78.8 Å². The summed E-state index contributed by atoms with van der Waals surface area (Å²) >= 11 is 0. The molecule has 19 heavy (non-hydrogen) atoms. The van der Waals surface area contributed by atoms with E-state index in [1.54, 1.807) is 24.3 Å². The summed E-state index contributed by atoms with van der Waals surface area (Å²) < 4.78 is 14.5. The molecule has 0 fully saturated rings. The fraction of sp³-hybridized carbons (Fsp3) is 0.364. The minimum absolute atomic E-state index is 0. The summed E-state index contributed by atoms with van der Waals surface area (Å²) in [5, 5.41) is 27.9. The van der Waals surface area contributed by atoms with Gasteiger partial charge in [-0.15, -0.1) is 0 Å². The summed E-state index contributed by atoms with van der Waals surface area (Å²) in [6, 6.07) is 6.91. The van der Waals surface area contributed by atoms with Crippen LogP contribution in [0, 0.1) is 5.41 Å². The zero-order chi connectivity index (χ0) is 12.7. The van der Waals surface area contributed by atoms with Gasteiger partial charge in [0.25, 0.3) is 0 Å². The molecule has 1 aromatic rings. The van der Waals surface area contributed by atoms with Gasteiger partial charge in [-0.3, -0.25) is 5.41 Å². The monoisotopic (exact) mass is 285 g/mol. The van der Waals surface area contributed by atoms with Crippen LogP contribution in [0.15, 0.2) is 24.3 Å². The third-order valence-corrected chi connectivity index (χ3v) is 1.89. The van der Waals surface area contributed by atoms with Gasteiger partial charge in [0.15, 0.2) is 11.5 Å². The Hall–Kier alpha value is 0.0500.